The Kier molecular flexibility index (Phi) is 4.86. The summed E-state index contributed by atoms with van der Waals surface area (Å²) in [6.45, 7) is 1.18. The molecule has 0 spiro atoms. The third-order valence-corrected chi connectivity index (χ3v) is 2.21. The topological polar surface area (TPSA) is 73.6 Å². The first-order valence-electron chi connectivity index (χ1n) is 4.85. The molecule has 1 rings (SSSR count). The van der Waals surface area contributed by atoms with Crippen LogP contribution in [-0.4, -0.2) is 44.9 Å². The van der Waals surface area contributed by atoms with Gasteiger partial charge in [-0.05, 0) is 12.8 Å². The number of amides is 1. The van der Waals surface area contributed by atoms with Crippen molar-refractivity contribution in [3.8, 4) is 0 Å². The van der Waals surface area contributed by atoms with Crippen LogP contribution in [0.15, 0.2) is 0 Å². The van der Waals surface area contributed by atoms with E-state index in [4.69, 9.17) is 15.2 Å². The minimum absolute atomic E-state index is 0.0949. The van der Waals surface area contributed by atoms with Crippen molar-refractivity contribution >= 4 is 5.91 Å². The zero-order valence-electron chi connectivity index (χ0n) is 8.49. The molecule has 0 bridgehead atoms. The van der Waals surface area contributed by atoms with Crippen molar-refractivity contribution in [2.45, 2.75) is 25.0 Å². The Morgan fingerprint density at radius 1 is 1.57 bits per heavy atom. The van der Waals surface area contributed by atoms with Gasteiger partial charge in [0.1, 0.15) is 6.61 Å². The molecular weight excluding hydrogens is 184 g/mol. The molecule has 0 aliphatic heterocycles. The Morgan fingerprint density at radius 2 is 2.29 bits per heavy atom. The van der Waals surface area contributed by atoms with Crippen LogP contribution < -0.4 is 11.1 Å². The summed E-state index contributed by atoms with van der Waals surface area (Å²) in [5.74, 6) is -0.0949. The van der Waals surface area contributed by atoms with Crippen LogP contribution in [0.3, 0.4) is 0 Å². The van der Waals surface area contributed by atoms with Crippen LogP contribution in [-0.2, 0) is 14.3 Å². The number of methoxy groups -OCH3 is 1. The molecule has 0 atom stereocenters. The molecule has 0 radical (unpaired) electrons. The summed E-state index contributed by atoms with van der Waals surface area (Å²) in [7, 11) is 1.60. The second kappa shape index (κ2) is 5.95. The van der Waals surface area contributed by atoms with Gasteiger partial charge in [-0.15, -0.1) is 0 Å². The number of nitrogens with two attached hydrogens (primary N) is 1. The highest BCUT2D eigenvalue weighted by Gasteiger charge is 2.26. The molecular formula is C9H18N2O3. The van der Waals surface area contributed by atoms with E-state index in [1.807, 2.05) is 0 Å². The average Bonchev–Trinajstić information content (AvgIpc) is 2.11. The quantitative estimate of drug-likeness (QED) is 0.556. The maximum Gasteiger partial charge on any atom is 0.246 e. The molecule has 0 saturated heterocycles. The van der Waals surface area contributed by atoms with Crippen molar-refractivity contribution in [2.75, 3.05) is 26.9 Å². The van der Waals surface area contributed by atoms with Gasteiger partial charge < -0.3 is 20.5 Å². The predicted octanol–water partition coefficient (Wildman–Crippen LogP) is -0.745. The summed E-state index contributed by atoms with van der Waals surface area (Å²) in [6, 6.07) is 0.261. The number of hydrogen-bond acceptors (Lipinski definition) is 4. The lowest BCUT2D eigenvalue weighted by atomic mass is 9.90. The summed E-state index contributed by atoms with van der Waals surface area (Å²) in [4.78, 5) is 11.1. The summed E-state index contributed by atoms with van der Waals surface area (Å²) >= 11 is 0. The van der Waals surface area contributed by atoms with Crippen molar-refractivity contribution in [1.82, 2.24) is 5.32 Å². The van der Waals surface area contributed by atoms with E-state index in [0.717, 1.165) is 12.8 Å². The minimum Gasteiger partial charge on any atom is -0.383 e. The first-order valence-corrected chi connectivity index (χ1v) is 4.85. The van der Waals surface area contributed by atoms with E-state index in [9.17, 15) is 4.79 Å². The Bertz CT molecular complexity index is 181. The van der Waals surface area contributed by atoms with Crippen molar-refractivity contribution in [3.05, 3.63) is 0 Å². The van der Waals surface area contributed by atoms with Gasteiger partial charge in [-0.2, -0.15) is 0 Å². The average molecular weight is 202 g/mol. The van der Waals surface area contributed by atoms with Gasteiger partial charge in [0.2, 0.25) is 5.91 Å². The monoisotopic (exact) mass is 202 g/mol. The standard InChI is InChI=1S/C9H18N2O3/c1-13-3-2-11-9(12)6-14-8-4-7(10)5-8/h7-8H,2-6,10H2,1H3,(H,11,12). The molecule has 0 unspecified atom stereocenters. The molecule has 5 nitrogen and oxygen atoms in total. The van der Waals surface area contributed by atoms with Gasteiger partial charge in [0.05, 0.1) is 12.7 Å². The van der Waals surface area contributed by atoms with Crippen LogP contribution in [0, 0.1) is 0 Å². The fourth-order valence-corrected chi connectivity index (χ4v) is 1.28. The molecule has 0 aromatic heterocycles. The van der Waals surface area contributed by atoms with Crippen LogP contribution >= 0.6 is 0 Å². The lowest BCUT2D eigenvalue weighted by Gasteiger charge is -2.31. The number of nitrogens with one attached hydrogen (secondary N) is 1. The molecule has 1 saturated carbocycles. The Labute approximate surface area is 83.9 Å². The molecule has 1 fully saturated rings. The van der Waals surface area contributed by atoms with Crippen LogP contribution in [0.4, 0.5) is 0 Å². The number of hydrogen-bond donors (Lipinski definition) is 2. The van der Waals surface area contributed by atoms with Gasteiger partial charge in [-0.25, -0.2) is 0 Å². The summed E-state index contributed by atoms with van der Waals surface area (Å²) in [6.07, 6.45) is 1.91. The highest BCUT2D eigenvalue weighted by molar-refractivity contribution is 5.77. The third-order valence-electron chi connectivity index (χ3n) is 2.21. The zero-order valence-corrected chi connectivity index (χ0v) is 8.49. The smallest absolute Gasteiger partial charge is 0.246 e. The van der Waals surface area contributed by atoms with E-state index in [0.29, 0.717) is 13.2 Å². The molecule has 82 valence electrons. The molecule has 0 aromatic carbocycles. The van der Waals surface area contributed by atoms with Gasteiger partial charge in [-0.3, -0.25) is 4.79 Å². The largest absolute Gasteiger partial charge is 0.383 e. The molecule has 1 aliphatic carbocycles. The van der Waals surface area contributed by atoms with E-state index in [2.05, 4.69) is 5.32 Å². The second-order valence-electron chi connectivity index (χ2n) is 3.51. The van der Waals surface area contributed by atoms with Crippen LogP contribution in [0.1, 0.15) is 12.8 Å². The SMILES string of the molecule is COCCNC(=O)COC1CC(N)C1. The predicted molar refractivity (Wildman–Crippen MR) is 51.8 cm³/mol. The summed E-state index contributed by atoms with van der Waals surface area (Å²) < 4.78 is 10.1. The molecule has 1 amide bonds. The normalized spacial score (nSPS) is 25.6. The van der Waals surface area contributed by atoms with Gasteiger partial charge in [0.15, 0.2) is 0 Å². The molecule has 5 heteroatoms. The van der Waals surface area contributed by atoms with Crippen molar-refractivity contribution < 1.29 is 14.3 Å². The third kappa shape index (κ3) is 4.04. The van der Waals surface area contributed by atoms with E-state index >= 15 is 0 Å². The second-order valence-corrected chi connectivity index (χ2v) is 3.51. The molecule has 3 N–H and O–H groups in total. The maximum absolute atomic E-state index is 11.1. The van der Waals surface area contributed by atoms with E-state index in [-0.39, 0.29) is 24.7 Å². The molecule has 0 aromatic rings. The number of ether oxygens (including phenoxy) is 2. The fraction of sp³-hybridized carbons (Fsp3) is 0.889. The molecule has 14 heavy (non-hydrogen) atoms. The van der Waals surface area contributed by atoms with Crippen LogP contribution in [0.2, 0.25) is 0 Å². The highest BCUT2D eigenvalue weighted by atomic mass is 16.5. The summed E-state index contributed by atoms with van der Waals surface area (Å²) in [5.41, 5.74) is 5.58. The van der Waals surface area contributed by atoms with Crippen molar-refractivity contribution in [3.63, 3.8) is 0 Å². The maximum atomic E-state index is 11.1. The molecule has 1 aliphatic rings. The van der Waals surface area contributed by atoms with Gasteiger partial charge in [0.25, 0.3) is 0 Å². The Hall–Kier alpha value is -0.650. The molecule has 0 heterocycles. The van der Waals surface area contributed by atoms with E-state index in [1.165, 1.54) is 0 Å². The first-order chi connectivity index (χ1) is 6.72. The Balaban J connectivity index is 1.93. The van der Waals surface area contributed by atoms with E-state index in [1.54, 1.807) is 7.11 Å². The summed E-state index contributed by atoms with van der Waals surface area (Å²) in [5, 5.41) is 2.68. The van der Waals surface area contributed by atoms with Crippen LogP contribution in [0.5, 0.6) is 0 Å². The van der Waals surface area contributed by atoms with Crippen LogP contribution in [0.25, 0.3) is 0 Å². The highest BCUT2D eigenvalue weighted by Crippen LogP contribution is 2.20. The number of rotatable bonds is 6. The van der Waals surface area contributed by atoms with Gasteiger partial charge in [-0.1, -0.05) is 0 Å². The van der Waals surface area contributed by atoms with Crippen molar-refractivity contribution in [1.29, 1.82) is 0 Å². The minimum atomic E-state index is -0.0949. The lowest BCUT2D eigenvalue weighted by Crippen LogP contribution is -2.43. The van der Waals surface area contributed by atoms with E-state index < -0.39 is 0 Å². The first kappa shape index (κ1) is 11.4. The fourth-order valence-electron chi connectivity index (χ4n) is 1.28. The number of carbonyl (C=O) groups excluding carboxylic acids is 1. The van der Waals surface area contributed by atoms with Crippen molar-refractivity contribution in [2.24, 2.45) is 5.73 Å². The lowest BCUT2D eigenvalue weighted by molar-refractivity contribution is -0.130. The zero-order chi connectivity index (χ0) is 10.4. The van der Waals surface area contributed by atoms with Gasteiger partial charge in [0, 0.05) is 19.7 Å². The Morgan fingerprint density at radius 3 is 2.86 bits per heavy atom. The number of carbonyl (C=O) groups is 1. The van der Waals surface area contributed by atoms with Gasteiger partial charge >= 0.3 is 0 Å².